The van der Waals surface area contributed by atoms with E-state index < -0.39 is 12.0 Å². The molecule has 0 spiro atoms. The van der Waals surface area contributed by atoms with Crippen LogP contribution in [0.25, 0.3) is 0 Å². The van der Waals surface area contributed by atoms with E-state index in [9.17, 15) is 14.7 Å². The number of aliphatic carboxylic acids is 1. The van der Waals surface area contributed by atoms with Crippen LogP contribution in [0.15, 0.2) is 0 Å². The van der Waals surface area contributed by atoms with Crippen molar-refractivity contribution >= 4 is 20.6 Å². The lowest BCUT2D eigenvalue weighted by Crippen LogP contribution is -2.42. The van der Waals surface area contributed by atoms with E-state index in [0.717, 1.165) is 19.0 Å². The van der Waals surface area contributed by atoms with Crippen LogP contribution in [0.1, 0.15) is 32.6 Å². The number of carboxylic acid groups (broad SMARTS) is 1. The number of rotatable bonds is 5. The monoisotopic (exact) mass is 217 g/mol. The Balaban J connectivity index is 2.45. The molecule has 0 bridgehead atoms. The number of hydrogen-bond acceptors (Lipinski definition) is 3. The summed E-state index contributed by atoms with van der Waals surface area (Å²) < 4.78 is 1.53. The molecule has 4 nitrogen and oxygen atoms in total. The first-order chi connectivity index (χ1) is 6.66. The molecule has 1 amide bonds. The van der Waals surface area contributed by atoms with Crippen LogP contribution in [0, 0.1) is 0 Å². The van der Waals surface area contributed by atoms with Crippen molar-refractivity contribution < 1.29 is 14.7 Å². The molecule has 1 aliphatic rings. The van der Waals surface area contributed by atoms with Crippen molar-refractivity contribution in [2.75, 3.05) is 6.16 Å². The van der Waals surface area contributed by atoms with Gasteiger partial charge in [-0.05, 0) is 12.8 Å². The van der Waals surface area contributed by atoms with E-state index in [4.69, 9.17) is 0 Å². The quantitative estimate of drug-likeness (QED) is 0.475. The summed E-state index contributed by atoms with van der Waals surface area (Å²) in [6, 6.07) is -0.644. The van der Waals surface area contributed by atoms with Crippen LogP contribution >= 0.6 is 8.73 Å². The van der Waals surface area contributed by atoms with Crippen molar-refractivity contribution in [2.45, 2.75) is 38.6 Å². The first-order valence-corrected chi connectivity index (χ1v) is 6.35. The zero-order valence-electron chi connectivity index (χ0n) is 8.36. The Morgan fingerprint density at radius 2 is 2.43 bits per heavy atom. The van der Waals surface area contributed by atoms with Crippen LogP contribution in [-0.2, 0) is 9.59 Å². The maximum Gasteiger partial charge on any atom is 0.254 e. The molecule has 1 saturated heterocycles. The highest BCUT2D eigenvalue weighted by Gasteiger charge is 2.35. The minimum atomic E-state index is -1.10. The molecule has 1 rings (SSSR count). The summed E-state index contributed by atoms with van der Waals surface area (Å²) in [5.74, 6) is -1.11. The Bertz CT molecular complexity index is 232. The molecule has 0 aliphatic carbocycles. The largest absolute Gasteiger partial charge is 0.548 e. The number of unbranched alkanes of at least 4 members (excludes halogenated alkanes) is 1. The van der Waals surface area contributed by atoms with E-state index in [1.54, 1.807) is 0 Å². The van der Waals surface area contributed by atoms with Gasteiger partial charge in [-0.2, -0.15) is 0 Å². The Hall–Kier alpha value is -0.630. The van der Waals surface area contributed by atoms with Gasteiger partial charge >= 0.3 is 0 Å². The molecule has 80 valence electrons. The van der Waals surface area contributed by atoms with Crippen molar-refractivity contribution in [3.63, 3.8) is 0 Å². The lowest BCUT2D eigenvalue weighted by molar-refractivity contribution is -0.309. The van der Waals surface area contributed by atoms with Gasteiger partial charge in [0, 0.05) is 6.42 Å². The number of amides is 1. The molecule has 0 radical (unpaired) electrons. The van der Waals surface area contributed by atoms with E-state index in [1.807, 2.05) is 0 Å². The molecule has 0 N–H and O–H groups in total. The summed E-state index contributed by atoms with van der Waals surface area (Å²) in [5.41, 5.74) is 0. The fraction of sp³-hybridized carbons (Fsp3) is 0.778. The number of carbonyl (C=O) groups is 2. The molecule has 0 saturated carbocycles. The minimum absolute atomic E-state index is 0.00898. The molecule has 1 heterocycles. The molecule has 2 unspecified atom stereocenters. The number of carboxylic acids is 1. The van der Waals surface area contributed by atoms with Crippen LogP contribution in [0.2, 0.25) is 0 Å². The average Bonchev–Trinajstić information content (AvgIpc) is 2.48. The highest BCUT2D eigenvalue weighted by atomic mass is 31.1. The van der Waals surface area contributed by atoms with E-state index in [1.165, 1.54) is 4.67 Å². The maximum absolute atomic E-state index is 11.3. The second kappa shape index (κ2) is 5.30. The van der Waals surface area contributed by atoms with Crippen LogP contribution in [-0.4, -0.2) is 28.8 Å². The fourth-order valence-corrected chi connectivity index (χ4v) is 3.32. The molecule has 14 heavy (non-hydrogen) atoms. The normalized spacial score (nSPS) is 22.5. The molecule has 1 fully saturated rings. The first kappa shape index (κ1) is 11.4. The predicted octanol–water partition coefficient (Wildman–Crippen LogP) is -0.147. The summed E-state index contributed by atoms with van der Waals surface area (Å²) in [6.07, 6.45) is 3.92. The lowest BCUT2D eigenvalue weighted by atomic mass is 10.2. The lowest BCUT2D eigenvalue weighted by Gasteiger charge is -2.19. The molecule has 5 heteroatoms. The summed E-state index contributed by atoms with van der Waals surface area (Å²) in [6.45, 7) is 2.08. The van der Waals surface area contributed by atoms with Gasteiger partial charge < -0.3 is 9.90 Å². The SMILES string of the molecule is CCCC[PH2+]N1C(=O)CCC1C(=O)[O-]. The third kappa shape index (κ3) is 2.68. The second-order valence-electron chi connectivity index (χ2n) is 3.50. The zero-order chi connectivity index (χ0) is 10.6. The predicted molar refractivity (Wildman–Crippen MR) is 54.4 cm³/mol. The average molecular weight is 217 g/mol. The van der Waals surface area contributed by atoms with Crippen LogP contribution in [0.5, 0.6) is 0 Å². The van der Waals surface area contributed by atoms with E-state index >= 15 is 0 Å². The van der Waals surface area contributed by atoms with Gasteiger partial charge in [0.25, 0.3) is 5.91 Å². The van der Waals surface area contributed by atoms with Crippen molar-refractivity contribution in [1.29, 1.82) is 0 Å². The number of nitrogens with zero attached hydrogens (tertiary/aromatic N) is 1. The van der Waals surface area contributed by atoms with E-state index in [2.05, 4.69) is 6.92 Å². The van der Waals surface area contributed by atoms with E-state index in [0.29, 0.717) is 12.8 Å². The van der Waals surface area contributed by atoms with Gasteiger partial charge in [0.1, 0.15) is 6.04 Å². The van der Waals surface area contributed by atoms with Gasteiger partial charge in [-0.1, -0.05) is 13.3 Å². The first-order valence-electron chi connectivity index (χ1n) is 5.02. The summed E-state index contributed by atoms with van der Waals surface area (Å²) in [4.78, 5) is 22.0. The number of hydrogen-bond donors (Lipinski definition) is 0. The Morgan fingerprint density at radius 1 is 1.71 bits per heavy atom. The molecule has 2 atom stereocenters. The highest BCUT2D eigenvalue weighted by Crippen LogP contribution is 2.31. The Labute approximate surface area is 85.5 Å². The van der Waals surface area contributed by atoms with Crippen LogP contribution in [0.4, 0.5) is 0 Å². The van der Waals surface area contributed by atoms with Gasteiger partial charge in [0.05, 0.1) is 20.9 Å². The third-order valence-electron chi connectivity index (χ3n) is 2.41. The molecule has 0 aromatic carbocycles. The second-order valence-corrected chi connectivity index (χ2v) is 5.00. The van der Waals surface area contributed by atoms with Gasteiger partial charge in [-0.15, -0.1) is 0 Å². The standard InChI is InChI=1S/C9H16NO3P/c1-2-3-6-14-10-7(9(12)13)4-5-8(10)11/h7,14H,2-6H2,1H3,(H,12,13). The maximum atomic E-state index is 11.3. The summed E-state index contributed by atoms with van der Waals surface area (Å²) in [5, 5.41) is 10.7. The van der Waals surface area contributed by atoms with Crippen molar-refractivity contribution in [3.05, 3.63) is 0 Å². The summed E-state index contributed by atoms with van der Waals surface area (Å²) >= 11 is 0. The van der Waals surface area contributed by atoms with Crippen molar-refractivity contribution in [1.82, 2.24) is 4.67 Å². The van der Waals surface area contributed by atoms with Crippen LogP contribution < -0.4 is 5.11 Å². The van der Waals surface area contributed by atoms with E-state index in [-0.39, 0.29) is 14.6 Å². The fourth-order valence-electron chi connectivity index (χ4n) is 1.60. The van der Waals surface area contributed by atoms with Crippen molar-refractivity contribution in [2.24, 2.45) is 0 Å². The molecular formula is C9H16NO3P. The van der Waals surface area contributed by atoms with Gasteiger partial charge in [0.2, 0.25) is 0 Å². The highest BCUT2D eigenvalue weighted by molar-refractivity contribution is 7.36. The molecular weight excluding hydrogens is 201 g/mol. The Kier molecular flexibility index (Phi) is 4.33. The topological polar surface area (TPSA) is 60.4 Å². The minimum Gasteiger partial charge on any atom is -0.548 e. The molecule has 1 aliphatic heterocycles. The number of carbonyl (C=O) groups excluding carboxylic acids is 2. The van der Waals surface area contributed by atoms with Crippen molar-refractivity contribution in [3.8, 4) is 0 Å². The van der Waals surface area contributed by atoms with Gasteiger partial charge in [-0.25, -0.2) is 4.67 Å². The molecule has 0 aromatic rings. The van der Waals surface area contributed by atoms with Gasteiger partial charge in [0.15, 0.2) is 0 Å². The zero-order valence-corrected chi connectivity index (χ0v) is 9.52. The molecule has 0 aromatic heterocycles. The Morgan fingerprint density at radius 3 is 3.00 bits per heavy atom. The smallest absolute Gasteiger partial charge is 0.254 e. The van der Waals surface area contributed by atoms with Crippen LogP contribution in [0.3, 0.4) is 0 Å². The van der Waals surface area contributed by atoms with Gasteiger partial charge in [-0.3, -0.25) is 4.79 Å². The summed E-state index contributed by atoms with van der Waals surface area (Å²) in [7, 11) is -0.194. The third-order valence-corrected chi connectivity index (χ3v) is 4.12.